The van der Waals surface area contributed by atoms with Crippen molar-refractivity contribution >= 4 is 39.6 Å². The molecule has 2 rings (SSSR count). The molecule has 2 N–H and O–H groups in total. The second kappa shape index (κ2) is 6.04. The van der Waals surface area contributed by atoms with Gasteiger partial charge in [-0.1, -0.05) is 0 Å². The average Bonchev–Trinajstić information content (AvgIpc) is 2.61. The number of nitrogens with zero attached hydrogens (tertiary/aromatic N) is 3. The first-order valence-corrected chi connectivity index (χ1v) is 7.32. The van der Waals surface area contributed by atoms with E-state index in [1.807, 2.05) is 27.2 Å². The Balaban J connectivity index is 2.18. The molecule has 0 atom stereocenters. The zero-order valence-corrected chi connectivity index (χ0v) is 13.3. The minimum Gasteiger partial charge on any atom is -0.369 e. The van der Waals surface area contributed by atoms with Crippen LogP contribution in [0.4, 0.5) is 10.3 Å². The summed E-state index contributed by atoms with van der Waals surface area (Å²) in [6.07, 6.45) is 2.08. The average molecular weight is 376 g/mol. The van der Waals surface area contributed by atoms with Crippen molar-refractivity contribution in [3.8, 4) is 0 Å². The molecule has 104 valence electrons. The largest absolute Gasteiger partial charge is 0.369 e. The van der Waals surface area contributed by atoms with Crippen LogP contribution in [-0.4, -0.2) is 35.1 Å². The standard InChI is InChI=1S/C13H18FIN4/c1-18(2)5-3-4-6-19-12-7-9(14)10(15)8-11(12)17-13(19)16/h7-8H,3-6H2,1-2H3,(H2,16,17). The summed E-state index contributed by atoms with van der Waals surface area (Å²) in [6, 6.07) is 3.25. The van der Waals surface area contributed by atoms with E-state index in [2.05, 4.69) is 24.0 Å². The van der Waals surface area contributed by atoms with E-state index in [4.69, 9.17) is 5.73 Å². The maximum atomic E-state index is 13.6. The van der Waals surface area contributed by atoms with Gasteiger partial charge in [0.2, 0.25) is 5.95 Å². The van der Waals surface area contributed by atoms with Crippen LogP contribution in [0, 0.1) is 9.39 Å². The van der Waals surface area contributed by atoms with E-state index in [0.29, 0.717) is 9.52 Å². The summed E-state index contributed by atoms with van der Waals surface area (Å²) < 4.78 is 16.1. The van der Waals surface area contributed by atoms with Gasteiger partial charge in [0.1, 0.15) is 5.82 Å². The van der Waals surface area contributed by atoms with Crippen molar-refractivity contribution in [3.05, 3.63) is 21.5 Å². The first-order valence-electron chi connectivity index (χ1n) is 6.24. The first-order chi connectivity index (χ1) is 8.99. The maximum absolute atomic E-state index is 13.6. The maximum Gasteiger partial charge on any atom is 0.201 e. The summed E-state index contributed by atoms with van der Waals surface area (Å²) >= 11 is 1.96. The number of rotatable bonds is 5. The molecule has 19 heavy (non-hydrogen) atoms. The number of imidazole rings is 1. The molecule has 0 bridgehead atoms. The molecule has 6 heteroatoms. The molecule has 1 aromatic heterocycles. The topological polar surface area (TPSA) is 47.1 Å². The monoisotopic (exact) mass is 376 g/mol. The Kier molecular flexibility index (Phi) is 4.62. The van der Waals surface area contributed by atoms with Crippen molar-refractivity contribution < 1.29 is 4.39 Å². The zero-order valence-electron chi connectivity index (χ0n) is 11.2. The fourth-order valence-corrected chi connectivity index (χ4v) is 2.52. The quantitative estimate of drug-likeness (QED) is 0.645. The Hall–Kier alpha value is -0.890. The van der Waals surface area contributed by atoms with Crippen LogP contribution >= 0.6 is 22.6 Å². The molecular formula is C13H18FIN4. The van der Waals surface area contributed by atoms with Gasteiger partial charge in [-0.2, -0.15) is 0 Å². The minimum absolute atomic E-state index is 0.220. The molecule has 0 aliphatic carbocycles. The number of hydrogen-bond donors (Lipinski definition) is 1. The van der Waals surface area contributed by atoms with Crippen molar-refractivity contribution in [2.24, 2.45) is 0 Å². The summed E-state index contributed by atoms with van der Waals surface area (Å²) in [6.45, 7) is 1.81. The fraction of sp³-hybridized carbons (Fsp3) is 0.462. The van der Waals surface area contributed by atoms with E-state index in [9.17, 15) is 4.39 Å². The van der Waals surface area contributed by atoms with Crippen LogP contribution < -0.4 is 5.73 Å². The lowest BCUT2D eigenvalue weighted by molar-refractivity contribution is 0.388. The molecule has 1 heterocycles. The summed E-state index contributed by atoms with van der Waals surface area (Å²) in [5.41, 5.74) is 7.45. The van der Waals surface area contributed by atoms with Crippen LogP contribution in [0.3, 0.4) is 0 Å². The molecule has 0 unspecified atom stereocenters. The van der Waals surface area contributed by atoms with Crippen LogP contribution in [0.15, 0.2) is 12.1 Å². The van der Waals surface area contributed by atoms with E-state index in [1.54, 1.807) is 6.07 Å². The third-order valence-corrected chi connectivity index (χ3v) is 3.88. The van der Waals surface area contributed by atoms with Gasteiger partial charge >= 0.3 is 0 Å². The van der Waals surface area contributed by atoms with Crippen LogP contribution in [0.5, 0.6) is 0 Å². The number of halogens is 2. The Bertz CT molecular complexity index is 580. The third kappa shape index (κ3) is 3.36. The Morgan fingerprint density at radius 1 is 1.37 bits per heavy atom. The van der Waals surface area contributed by atoms with Crippen molar-refractivity contribution in [2.45, 2.75) is 19.4 Å². The third-order valence-electron chi connectivity index (χ3n) is 3.06. The predicted octanol–water partition coefficient (Wildman–Crippen LogP) is 2.70. The highest BCUT2D eigenvalue weighted by atomic mass is 127. The molecule has 0 spiro atoms. The van der Waals surface area contributed by atoms with Crippen LogP contribution in [0.1, 0.15) is 12.8 Å². The number of hydrogen-bond acceptors (Lipinski definition) is 3. The lowest BCUT2D eigenvalue weighted by atomic mass is 10.2. The summed E-state index contributed by atoms with van der Waals surface area (Å²) in [7, 11) is 4.11. The summed E-state index contributed by atoms with van der Waals surface area (Å²) in [4.78, 5) is 6.44. The van der Waals surface area contributed by atoms with Gasteiger partial charge in [0.15, 0.2) is 0 Å². The van der Waals surface area contributed by atoms with Gasteiger partial charge in [0.05, 0.1) is 14.6 Å². The van der Waals surface area contributed by atoms with E-state index < -0.39 is 0 Å². The summed E-state index contributed by atoms with van der Waals surface area (Å²) in [5.74, 6) is 0.240. The van der Waals surface area contributed by atoms with E-state index >= 15 is 0 Å². The Morgan fingerprint density at radius 2 is 2.11 bits per heavy atom. The number of nitrogen functional groups attached to an aromatic ring is 1. The van der Waals surface area contributed by atoms with E-state index in [-0.39, 0.29) is 5.82 Å². The number of anilines is 1. The smallest absolute Gasteiger partial charge is 0.201 e. The predicted molar refractivity (Wildman–Crippen MR) is 84.6 cm³/mol. The molecule has 0 fully saturated rings. The van der Waals surface area contributed by atoms with Gasteiger partial charge in [0, 0.05) is 12.6 Å². The molecule has 0 radical (unpaired) electrons. The second-order valence-corrected chi connectivity index (χ2v) is 6.05. The number of fused-ring (bicyclic) bond motifs is 1. The molecule has 0 aliphatic heterocycles. The van der Waals surface area contributed by atoms with Crippen molar-refractivity contribution in [3.63, 3.8) is 0 Å². The highest BCUT2D eigenvalue weighted by Crippen LogP contribution is 2.23. The zero-order chi connectivity index (χ0) is 14.0. The van der Waals surface area contributed by atoms with Gasteiger partial charge in [0.25, 0.3) is 0 Å². The Morgan fingerprint density at radius 3 is 2.79 bits per heavy atom. The summed E-state index contributed by atoms with van der Waals surface area (Å²) in [5, 5.41) is 0. The van der Waals surface area contributed by atoms with E-state index in [1.165, 1.54) is 6.07 Å². The SMILES string of the molecule is CN(C)CCCCn1c(N)nc2cc(I)c(F)cc21. The van der Waals surface area contributed by atoms with Gasteiger partial charge in [-0.3, -0.25) is 0 Å². The Labute approximate surface area is 125 Å². The molecular weight excluding hydrogens is 358 g/mol. The number of aromatic nitrogens is 2. The van der Waals surface area contributed by atoms with Crippen molar-refractivity contribution in [2.75, 3.05) is 26.4 Å². The molecule has 0 saturated heterocycles. The molecule has 0 amide bonds. The normalized spacial score (nSPS) is 11.6. The van der Waals surface area contributed by atoms with Gasteiger partial charge in [-0.25, -0.2) is 9.37 Å². The number of benzene rings is 1. The molecule has 4 nitrogen and oxygen atoms in total. The van der Waals surface area contributed by atoms with Crippen molar-refractivity contribution in [1.82, 2.24) is 14.5 Å². The van der Waals surface area contributed by atoms with E-state index in [0.717, 1.165) is 37.0 Å². The molecule has 2 aromatic rings. The molecule has 1 aromatic carbocycles. The van der Waals surface area contributed by atoms with Crippen molar-refractivity contribution in [1.29, 1.82) is 0 Å². The second-order valence-electron chi connectivity index (χ2n) is 4.89. The fourth-order valence-electron chi connectivity index (χ4n) is 2.07. The lowest BCUT2D eigenvalue weighted by Gasteiger charge is -2.10. The van der Waals surface area contributed by atoms with Gasteiger partial charge in [-0.15, -0.1) is 0 Å². The van der Waals surface area contributed by atoms with Crippen LogP contribution in [-0.2, 0) is 6.54 Å². The van der Waals surface area contributed by atoms with Crippen LogP contribution in [0.25, 0.3) is 11.0 Å². The number of aryl methyl sites for hydroxylation is 1. The molecule has 0 aliphatic rings. The first kappa shape index (κ1) is 14.5. The molecule has 0 saturated carbocycles. The number of unbranched alkanes of at least 4 members (excludes halogenated alkanes) is 1. The highest BCUT2D eigenvalue weighted by Gasteiger charge is 2.11. The van der Waals surface area contributed by atoms with Crippen LogP contribution in [0.2, 0.25) is 0 Å². The minimum atomic E-state index is -0.220. The number of nitrogens with two attached hydrogens (primary N) is 1. The highest BCUT2D eigenvalue weighted by molar-refractivity contribution is 14.1. The van der Waals surface area contributed by atoms with Gasteiger partial charge < -0.3 is 15.2 Å². The lowest BCUT2D eigenvalue weighted by Crippen LogP contribution is -2.13. The van der Waals surface area contributed by atoms with Gasteiger partial charge in [-0.05, 0) is 62.1 Å².